The number of halogens is 3. The monoisotopic (exact) mass is 252 g/mol. The molecule has 0 aromatic rings. The van der Waals surface area contributed by atoms with Crippen LogP contribution in [0, 0.1) is 0 Å². The molecule has 1 heterocycles. The van der Waals surface area contributed by atoms with Crippen LogP contribution in [0.15, 0.2) is 0 Å². The molecule has 1 N–H and O–H groups in total. The molecular formula is C11H19F3N2O. The van der Waals surface area contributed by atoms with Crippen molar-refractivity contribution >= 4 is 6.03 Å². The molecule has 1 fully saturated rings. The van der Waals surface area contributed by atoms with E-state index < -0.39 is 23.8 Å². The molecule has 3 nitrogen and oxygen atoms in total. The molecular weight excluding hydrogens is 233 g/mol. The van der Waals surface area contributed by atoms with Crippen molar-refractivity contribution < 1.29 is 18.0 Å². The van der Waals surface area contributed by atoms with Gasteiger partial charge in [-0.3, -0.25) is 0 Å². The highest BCUT2D eigenvalue weighted by atomic mass is 19.4. The van der Waals surface area contributed by atoms with Crippen LogP contribution in [-0.2, 0) is 0 Å². The first kappa shape index (κ1) is 14.1. The summed E-state index contributed by atoms with van der Waals surface area (Å²) in [4.78, 5) is 12.7. The fourth-order valence-electron chi connectivity index (χ4n) is 1.91. The lowest BCUT2D eigenvalue weighted by Crippen LogP contribution is -2.57. The Labute approximate surface area is 99.4 Å². The number of hydrogen-bond donors (Lipinski definition) is 1. The average molecular weight is 252 g/mol. The van der Waals surface area contributed by atoms with Crippen LogP contribution in [0.4, 0.5) is 18.0 Å². The first-order chi connectivity index (χ1) is 7.61. The molecule has 0 aromatic carbocycles. The first-order valence-corrected chi connectivity index (χ1v) is 5.77. The maximum atomic E-state index is 12.8. The highest BCUT2D eigenvalue weighted by Crippen LogP contribution is 2.31. The Hall–Kier alpha value is -0.940. The van der Waals surface area contributed by atoms with Crippen molar-refractivity contribution in [1.29, 1.82) is 0 Å². The van der Waals surface area contributed by atoms with Gasteiger partial charge < -0.3 is 10.2 Å². The number of nitrogens with one attached hydrogen (secondary N) is 1. The first-order valence-electron chi connectivity index (χ1n) is 5.77. The maximum absolute atomic E-state index is 12.8. The van der Waals surface area contributed by atoms with Crippen molar-refractivity contribution in [3.8, 4) is 0 Å². The molecule has 0 bridgehead atoms. The topological polar surface area (TPSA) is 32.3 Å². The minimum atomic E-state index is -4.34. The van der Waals surface area contributed by atoms with Gasteiger partial charge in [0, 0.05) is 12.1 Å². The number of hydrogen-bond acceptors (Lipinski definition) is 1. The van der Waals surface area contributed by atoms with Gasteiger partial charge in [-0.05, 0) is 40.0 Å². The highest BCUT2D eigenvalue weighted by Gasteiger charge is 2.46. The zero-order chi connectivity index (χ0) is 13.3. The second-order valence-corrected chi connectivity index (χ2v) is 5.43. The fraction of sp³-hybridized carbons (Fsp3) is 0.909. The summed E-state index contributed by atoms with van der Waals surface area (Å²) in [7, 11) is 0. The normalized spacial score (nSPS) is 22.5. The van der Waals surface area contributed by atoms with Crippen LogP contribution in [0.2, 0.25) is 0 Å². The van der Waals surface area contributed by atoms with Gasteiger partial charge in [0.15, 0.2) is 0 Å². The van der Waals surface area contributed by atoms with Crippen LogP contribution in [-0.4, -0.2) is 35.2 Å². The minimum absolute atomic E-state index is 0.00105. The third kappa shape index (κ3) is 4.09. The van der Waals surface area contributed by atoms with E-state index in [0.29, 0.717) is 12.8 Å². The Morgan fingerprint density at radius 3 is 2.29 bits per heavy atom. The number of rotatable bonds is 0. The molecule has 1 aliphatic heterocycles. The van der Waals surface area contributed by atoms with Crippen molar-refractivity contribution in [3.63, 3.8) is 0 Å². The van der Waals surface area contributed by atoms with E-state index in [4.69, 9.17) is 0 Å². The summed E-state index contributed by atoms with van der Waals surface area (Å²) >= 11 is 0. The predicted octanol–water partition coefficient (Wildman–Crippen LogP) is 2.91. The zero-order valence-electron chi connectivity index (χ0n) is 10.4. The predicted molar refractivity (Wildman–Crippen MR) is 58.7 cm³/mol. The number of urea groups is 1. The molecule has 1 atom stereocenters. The standard InChI is InChI=1S/C11H19F3N2O/c1-10(2,3)15-9(17)16-7-5-4-6-8(16)11(12,13)14/h8H,4-7H2,1-3H3,(H,15,17). The molecule has 1 rings (SSSR count). The van der Waals surface area contributed by atoms with Gasteiger partial charge in [-0.1, -0.05) is 0 Å². The van der Waals surface area contributed by atoms with Crippen LogP contribution in [0.3, 0.4) is 0 Å². The van der Waals surface area contributed by atoms with Gasteiger partial charge in [-0.15, -0.1) is 0 Å². The molecule has 1 aliphatic rings. The van der Waals surface area contributed by atoms with E-state index in [9.17, 15) is 18.0 Å². The van der Waals surface area contributed by atoms with Gasteiger partial charge in [-0.25, -0.2) is 4.79 Å². The smallest absolute Gasteiger partial charge is 0.333 e. The molecule has 6 heteroatoms. The van der Waals surface area contributed by atoms with Crippen LogP contribution in [0.1, 0.15) is 40.0 Å². The van der Waals surface area contributed by atoms with Gasteiger partial charge >= 0.3 is 12.2 Å². The lowest BCUT2D eigenvalue weighted by Gasteiger charge is -2.38. The van der Waals surface area contributed by atoms with Crippen molar-refractivity contribution in [2.24, 2.45) is 0 Å². The van der Waals surface area contributed by atoms with Gasteiger partial charge in [0.2, 0.25) is 0 Å². The molecule has 0 aromatic heterocycles. The lowest BCUT2D eigenvalue weighted by atomic mass is 10.0. The fourth-order valence-corrected chi connectivity index (χ4v) is 1.91. The molecule has 0 saturated carbocycles. The van der Waals surface area contributed by atoms with E-state index >= 15 is 0 Å². The van der Waals surface area contributed by atoms with E-state index in [1.807, 2.05) is 0 Å². The number of amides is 2. The maximum Gasteiger partial charge on any atom is 0.408 e. The molecule has 1 unspecified atom stereocenters. The Bertz CT molecular complexity index is 283. The average Bonchev–Trinajstić information content (AvgIpc) is 2.13. The van der Waals surface area contributed by atoms with E-state index in [2.05, 4.69) is 5.32 Å². The molecule has 0 aliphatic carbocycles. The van der Waals surface area contributed by atoms with Crippen molar-refractivity contribution in [2.45, 2.75) is 57.8 Å². The molecule has 2 amide bonds. The largest absolute Gasteiger partial charge is 0.408 e. The number of piperidine rings is 1. The second kappa shape index (κ2) is 4.74. The Balaban J connectivity index is 2.75. The third-order valence-electron chi connectivity index (χ3n) is 2.62. The van der Waals surface area contributed by atoms with E-state index in [1.165, 1.54) is 0 Å². The molecule has 17 heavy (non-hydrogen) atoms. The number of carbonyl (C=O) groups is 1. The summed E-state index contributed by atoms with van der Waals surface area (Å²) in [5, 5.41) is 2.58. The van der Waals surface area contributed by atoms with Crippen molar-refractivity contribution in [2.75, 3.05) is 6.54 Å². The van der Waals surface area contributed by atoms with Crippen molar-refractivity contribution in [1.82, 2.24) is 10.2 Å². The van der Waals surface area contributed by atoms with Gasteiger partial charge in [-0.2, -0.15) is 13.2 Å². The second-order valence-electron chi connectivity index (χ2n) is 5.43. The van der Waals surface area contributed by atoms with Gasteiger partial charge in [0.05, 0.1) is 0 Å². The highest BCUT2D eigenvalue weighted by molar-refractivity contribution is 5.75. The Morgan fingerprint density at radius 1 is 1.24 bits per heavy atom. The summed E-state index contributed by atoms with van der Waals surface area (Å²) in [6.07, 6.45) is -3.19. The van der Waals surface area contributed by atoms with Crippen LogP contribution < -0.4 is 5.32 Å². The van der Waals surface area contributed by atoms with E-state index in [1.54, 1.807) is 20.8 Å². The summed E-state index contributed by atoms with van der Waals surface area (Å²) in [6.45, 7) is 5.42. The number of carbonyl (C=O) groups excluding carboxylic acids is 1. The van der Waals surface area contributed by atoms with Gasteiger partial charge in [0.1, 0.15) is 6.04 Å². The summed E-state index contributed by atoms with van der Waals surface area (Å²) in [6, 6.07) is -2.27. The summed E-state index contributed by atoms with van der Waals surface area (Å²) in [5.41, 5.74) is -0.523. The third-order valence-corrected chi connectivity index (χ3v) is 2.62. The zero-order valence-corrected chi connectivity index (χ0v) is 10.4. The van der Waals surface area contributed by atoms with Crippen LogP contribution in [0.5, 0.6) is 0 Å². The number of likely N-dealkylation sites (tertiary alicyclic amines) is 1. The molecule has 100 valence electrons. The van der Waals surface area contributed by atoms with Gasteiger partial charge in [0.25, 0.3) is 0 Å². The SMILES string of the molecule is CC(C)(C)NC(=O)N1CCCCC1C(F)(F)F. The molecule has 0 radical (unpaired) electrons. The van der Waals surface area contributed by atoms with E-state index in [0.717, 1.165) is 4.90 Å². The summed E-state index contributed by atoms with van der Waals surface area (Å²) in [5.74, 6) is 0. The minimum Gasteiger partial charge on any atom is -0.333 e. The Morgan fingerprint density at radius 2 is 1.82 bits per heavy atom. The molecule has 0 spiro atoms. The quantitative estimate of drug-likeness (QED) is 0.706. The lowest BCUT2D eigenvalue weighted by molar-refractivity contribution is -0.182. The van der Waals surface area contributed by atoms with E-state index in [-0.39, 0.29) is 13.0 Å². The molecule has 1 saturated heterocycles. The summed E-state index contributed by atoms with van der Waals surface area (Å²) < 4.78 is 38.3. The van der Waals surface area contributed by atoms with Crippen molar-refractivity contribution in [3.05, 3.63) is 0 Å². The van der Waals surface area contributed by atoms with Crippen LogP contribution in [0.25, 0.3) is 0 Å². The van der Waals surface area contributed by atoms with Crippen LogP contribution >= 0.6 is 0 Å². The number of nitrogens with zero attached hydrogens (tertiary/aromatic N) is 1. The Kier molecular flexibility index (Phi) is 3.94. The number of alkyl halides is 3.